The van der Waals surface area contributed by atoms with Crippen LogP contribution in [0.2, 0.25) is 5.02 Å². The van der Waals surface area contributed by atoms with Gasteiger partial charge in [0.25, 0.3) is 0 Å². The van der Waals surface area contributed by atoms with E-state index in [0.29, 0.717) is 30.5 Å². The van der Waals surface area contributed by atoms with E-state index < -0.39 is 15.8 Å². The number of aromatic nitrogens is 3. The molecule has 0 unspecified atom stereocenters. The summed E-state index contributed by atoms with van der Waals surface area (Å²) in [5, 5.41) is 11.3. The molecular formula is C20H20ClFN6O2S. The Bertz CT molecular complexity index is 1170. The first-order chi connectivity index (χ1) is 14.8. The van der Waals surface area contributed by atoms with E-state index >= 15 is 0 Å². The van der Waals surface area contributed by atoms with Gasteiger partial charge in [-0.1, -0.05) is 17.7 Å². The van der Waals surface area contributed by atoms with Crippen LogP contribution in [0.3, 0.4) is 0 Å². The van der Waals surface area contributed by atoms with Crippen molar-refractivity contribution >= 4 is 39.1 Å². The summed E-state index contributed by atoms with van der Waals surface area (Å²) in [5.74, 6) is 1.24. The van der Waals surface area contributed by atoms with Gasteiger partial charge in [-0.25, -0.2) is 17.8 Å². The topological polar surface area (TPSA) is 91.3 Å². The molecule has 8 nitrogen and oxygen atoms in total. The van der Waals surface area contributed by atoms with E-state index in [1.807, 2.05) is 30.0 Å². The highest BCUT2D eigenvalue weighted by Gasteiger charge is 2.29. The van der Waals surface area contributed by atoms with Crippen molar-refractivity contribution in [2.24, 2.45) is 0 Å². The van der Waals surface area contributed by atoms with Crippen LogP contribution in [0.15, 0.2) is 53.6 Å². The number of halogens is 2. The van der Waals surface area contributed by atoms with Crippen molar-refractivity contribution in [3.05, 3.63) is 65.1 Å². The van der Waals surface area contributed by atoms with Crippen molar-refractivity contribution < 1.29 is 12.8 Å². The molecule has 0 radical (unpaired) electrons. The highest BCUT2D eigenvalue weighted by Crippen LogP contribution is 2.24. The molecule has 1 aliphatic heterocycles. The lowest BCUT2D eigenvalue weighted by Gasteiger charge is -2.34. The fraction of sp³-hybridized carbons (Fsp3) is 0.250. The molecule has 1 N–H and O–H groups in total. The summed E-state index contributed by atoms with van der Waals surface area (Å²) in [6.45, 7) is 3.41. The van der Waals surface area contributed by atoms with Gasteiger partial charge in [-0.05, 0) is 48.9 Å². The summed E-state index contributed by atoms with van der Waals surface area (Å²) in [7, 11) is -3.75. The average Bonchev–Trinajstić information content (AvgIpc) is 2.78. The summed E-state index contributed by atoms with van der Waals surface area (Å²) in [6.07, 6.45) is 1.76. The number of sulfonamides is 1. The second-order valence-corrected chi connectivity index (χ2v) is 9.43. The summed E-state index contributed by atoms with van der Waals surface area (Å²) in [5.41, 5.74) is 1.07. The lowest BCUT2D eigenvalue weighted by molar-refractivity contribution is 0.383. The van der Waals surface area contributed by atoms with Crippen LogP contribution in [0.4, 0.5) is 21.8 Å². The molecule has 31 heavy (non-hydrogen) atoms. The zero-order valence-corrected chi connectivity index (χ0v) is 18.2. The normalized spacial score (nSPS) is 15.1. The Hall–Kier alpha value is -2.82. The maximum atomic E-state index is 13.4. The van der Waals surface area contributed by atoms with E-state index in [2.05, 4.69) is 20.5 Å². The molecule has 3 heterocycles. The fourth-order valence-corrected chi connectivity index (χ4v) is 4.87. The summed E-state index contributed by atoms with van der Waals surface area (Å²) in [4.78, 5) is 6.21. The van der Waals surface area contributed by atoms with Gasteiger partial charge in [0.15, 0.2) is 11.6 Å². The third-order valence-corrected chi connectivity index (χ3v) is 7.09. The number of nitrogens with one attached hydrogen (secondary N) is 1. The van der Waals surface area contributed by atoms with E-state index in [9.17, 15) is 12.8 Å². The molecule has 1 saturated heterocycles. The Morgan fingerprint density at radius 2 is 1.74 bits per heavy atom. The third kappa shape index (κ3) is 4.76. The van der Waals surface area contributed by atoms with Gasteiger partial charge in [-0.3, -0.25) is 0 Å². The smallest absolute Gasteiger partial charge is 0.243 e. The van der Waals surface area contributed by atoms with Gasteiger partial charge in [-0.2, -0.15) is 4.31 Å². The molecule has 4 rings (SSSR count). The molecule has 0 bridgehead atoms. The highest BCUT2D eigenvalue weighted by molar-refractivity contribution is 7.89. The zero-order chi connectivity index (χ0) is 22.0. The number of pyridine rings is 1. The van der Waals surface area contributed by atoms with Crippen LogP contribution >= 0.6 is 11.6 Å². The minimum Gasteiger partial charge on any atom is -0.352 e. The summed E-state index contributed by atoms with van der Waals surface area (Å²) < 4.78 is 40.4. The number of anilines is 3. The molecule has 1 aromatic carbocycles. The Balaban J connectivity index is 1.39. The van der Waals surface area contributed by atoms with Crippen LogP contribution in [0.25, 0.3) is 0 Å². The molecule has 0 saturated carbocycles. The first kappa shape index (κ1) is 21.4. The van der Waals surface area contributed by atoms with Gasteiger partial charge in [0, 0.05) is 32.4 Å². The zero-order valence-electron chi connectivity index (χ0n) is 16.7. The van der Waals surface area contributed by atoms with Gasteiger partial charge in [0.1, 0.15) is 11.6 Å². The largest absolute Gasteiger partial charge is 0.352 e. The van der Waals surface area contributed by atoms with Gasteiger partial charge in [0.05, 0.1) is 9.92 Å². The maximum Gasteiger partial charge on any atom is 0.243 e. The van der Waals surface area contributed by atoms with E-state index in [0.717, 1.165) is 17.7 Å². The van der Waals surface area contributed by atoms with E-state index in [1.54, 1.807) is 12.3 Å². The van der Waals surface area contributed by atoms with Crippen molar-refractivity contribution in [3.63, 3.8) is 0 Å². The number of hydrogen-bond donors (Lipinski definition) is 1. The second kappa shape index (κ2) is 8.74. The predicted molar refractivity (Wildman–Crippen MR) is 117 cm³/mol. The summed E-state index contributed by atoms with van der Waals surface area (Å²) >= 11 is 5.74. The molecule has 0 aliphatic carbocycles. The Labute approximate surface area is 184 Å². The number of rotatable bonds is 5. The summed E-state index contributed by atoms with van der Waals surface area (Å²) in [6, 6.07) is 10.9. The fourth-order valence-electron chi connectivity index (χ4n) is 3.18. The predicted octanol–water partition coefficient (Wildman–Crippen LogP) is 3.23. The van der Waals surface area contributed by atoms with Crippen molar-refractivity contribution in [3.8, 4) is 0 Å². The monoisotopic (exact) mass is 462 g/mol. The standard InChI is InChI=1S/C20H20ClFN6O2S/c1-14-2-5-18(23-13-14)24-19-6-7-20(26-25-19)27-8-10-28(11-9-27)31(29,30)15-3-4-17(22)16(21)12-15/h2-7,12-13H,8-11H2,1H3,(H,23,24,25). The number of benzene rings is 1. The van der Waals surface area contributed by atoms with E-state index in [-0.39, 0.29) is 23.0 Å². The van der Waals surface area contributed by atoms with Crippen LogP contribution in [0, 0.1) is 12.7 Å². The van der Waals surface area contributed by atoms with Gasteiger partial charge in [0.2, 0.25) is 10.0 Å². The minimum absolute atomic E-state index is 0.0210. The van der Waals surface area contributed by atoms with Crippen LogP contribution in [-0.4, -0.2) is 54.1 Å². The van der Waals surface area contributed by atoms with Crippen LogP contribution in [-0.2, 0) is 10.0 Å². The molecular weight excluding hydrogens is 443 g/mol. The number of nitrogens with zero attached hydrogens (tertiary/aromatic N) is 5. The number of piperazine rings is 1. The minimum atomic E-state index is -3.75. The Morgan fingerprint density at radius 3 is 2.35 bits per heavy atom. The van der Waals surface area contributed by atoms with Crippen LogP contribution in [0.1, 0.15) is 5.56 Å². The molecule has 11 heteroatoms. The molecule has 0 amide bonds. The Kier molecular flexibility index (Phi) is 6.03. The third-order valence-electron chi connectivity index (χ3n) is 4.91. The highest BCUT2D eigenvalue weighted by atomic mass is 35.5. The SMILES string of the molecule is Cc1ccc(Nc2ccc(N3CCN(S(=O)(=O)c4ccc(F)c(Cl)c4)CC3)nn2)nc1. The quantitative estimate of drug-likeness (QED) is 0.622. The number of hydrogen-bond acceptors (Lipinski definition) is 7. The molecule has 1 aliphatic rings. The first-order valence-corrected chi connectivity index (χ1v) is 11.4. The molecule has 162 valence electrons. The molecule has 2 aromatic heterocycles. The number of aryl methyl sites for hydroxylation is 1. The maximum absolute atomic E-state index is 13.4. The molecule has 0 atom stereocenters. The second-order valence-electron chi connectivity index (χ2n) is 7.09. The van der Waals surface area contributed by atoms with Crippen LogP contribution < -0.4 is 10.2 Å². The van der Waals surface area contributed by atoms with Gasteiger partial charge >= 0.3 is 0 Å². The van der Waals surface area contributed by atoms with Gasteiger partial charge in [-0.15, -0.1) is 10.2 Å². The molecule has 3 aromatic rings. The lowest BCUT2D eigenvalue weighted by atomic mass is 10.3. The molecule has 1 fully saturated rings. The average molecular weight is 463 g/mol. The van der Waals surface area contributed by atoms with E-state index in [1.165, 1.54) is 10.4 Å². The Morgan fingerprint density at radius 1 is 1.00 bits per heavy atom. The first-order valence-electron chi connectivity index (χ1n) is 9.56. The van der Waals surface area contributed by atoms with Crippen molar-refractivity contribution in [1.82, 2.24) is 19.5 Å². The lowest BCUT2D eigenvalue weighted by Crippen LogP contribution is -2.49. The van der Waals surface area contributed by atoms with Crippen molar-refractivity contribution in [2.75, 3.05) is 36.4 Å². The van der Waals surface area contributed by atoms with Crippen molar-refractivity contribution in [2.45, 2.75) is 11.8 Å². The van der Waals surface area contributed by atoms with E-state index in [4.69, 9.17) is 11.6 Å². The van der Waals surface area contributed by atoms with Crippen LogP contribution in [0.5, 0.6) is 0 Å². The molecule has 0 spiro atoms. The van der Waals surface area contributed by atoms with Gasteiger partial charge < -0.3 is 10.2 Å². The van der Waals surface area contributed by atoms with Crippen molar-refractivity contribution in [1.29, 1.82) is 0 Å².